The van der Waals surface area contributed by atoms with Gasteiger partial charge in [0.15, 0.2) is 0 Å². The molecule has 1 amide bonds. The van der Waals surface area contributed by atoms with Gasteiger partial charge in [-0.05, 0) is 105 Å². The number of aliphatic hydroxyl groups excluding tert-OH is 3. The normalized spacial score (nSPS) is 23.4. The Balaban J connectivity index is 1.56. The molecule has 2 aliphatic carbocycles. The molecule has 2 heterocycles. The summed E-state index contributed by atoms with van der Waals surface area (Å²) in [4.78, 5) is 26.8. The molecule has 3 aromatic rings. The molecule has 1 fully saturated rings. The van der Waals surface area contributed by atoms with E-state index in [0.29, 0.717) is 41.2 Å². The number of aliphatic hydroxyl groups is 3. The highest BCUT2D eigenvalue weighted by atomic mass is 16.7. The highest BCUT2D eigenvalue weighted by Crippen LogP contribution is 2.62. The molecule has 320 valence electrons. The van der Waals surface area contributed by atoms with E-state index in [0.717, 1.165) is 48.2 Å². The topological polar surface area (TPSA) is 176 Å². The van der Waals surface area contributed by atoms with E-state index in [4.69, 9.17) is 23.8 Å². The van der Waals surface area contributed by atoms with Crippen molar-refractivity contribution in [2.24, 2.45) is 22.9 Å². The largest absolute Gasteiger partial charge is 0.487 e. The Morgan fingerprint density at radius 2 is 1.83 bits per heavy atom. The number of allylic oxidation sites excluding steroid dienone is 1. The molecule has 0 bridgehead atoms. The minimum atomic E-state index is -1.47. The zero-order chi connectivity index (χ0) is 42.5. The number of nitrogens with zero attached hydrogens (tertiary/aromatic N) is 4. The van der Waals surface area contributed by atoms with E-state index in [1.54, 1.807) is 35.2 Å². The van der Waals surface area contributed by atoms with Crippen LogP contribution in [0.3, 0.4) is 0 Å². The van der Waals surface area contributed by atoms with Gasteiger partial charge in [0.05, 0.1) is 55.4 Å². The van der Waals surface area contributed by atoms with Crippen LogP contribution in [0.2, 0.25) is 0 Å². The molecule has 0 radical (unpaired) electrons. The Hall–Kier alpha value is -5.10. The van der Waals surface area contributed by atoms with Crippen molar-refractivity contribution in [3.63, 3.8) is 0 Å². The maximum absolute atomic E-state index is 14.9. The van der Waals surface area contributed by atoms with Crippen LogP contribution in [0.15, 0.2) is 90.1 Å². The summed E-state index contributed by atoms with van der Waals surface area (Å²) in [5.41, 5.74) is 5.01. The zero-order valence-corrected chi connectivity index (χ0v) is 34.7. The van der Waals surface area contributed by atoms with Gasteiger partial charge in [-0.3, -0.25) is 9.78 Å². The van der Waals surface area contributed by atoms with Crippen LogP contribution in [-0.4, -0.2) is 102 Å². The lowest BCUT2D eigenvalue weighted by atomic mass is 9.55. The van der Waals surface area contributed by atoms with Crippen molar-refractivity contribution < 1.29 is 43.9 Å². The molecular formula is C47H58N4O9. The van der Waals surface area contributed by atoms with E-state index < -0.39 is 17.7 Å². The third-order valence-corrected chi connectivity index (χ3v) is 11.8. The second kappa shape index (κ2) is 21.4. The van der Waals surface area contributed by atoms with Gasteiger partial charge in [0.2, 0.25) is 5.79 Å². The summed E-state index contributed by atoms with van der Waals surface area (Å²) >= 11 is 0. The van der Waals surface area contributed by atoms with Crippen LogP contribution >= 0.6 is 0 Å². The molecule has 2 aromatic carbocycles. The average Bonchev–Trinajstić information content (AvgIpc) is 3.26. The van der Waals surface area contributed by atoms with E-state index >= 15 is 0 Å². The minimum absolute atomic E-state index is 0.0325. The lowest BCUT2D eigenvalue weighted by molar-refractivity contribution is -0.254. The Morgan fingerprint density at radius 3 is 2.53 bits per heavy atom. The third kappa shape index (κ3) is 9.91. The van der Waals surface area contributed by atoms with Crippen molar-refractivity contribution in [2.75, 3.05) is 53.3 Å². The van der Waals surface area contributed by atoms with E-state index in [1.165, 1.54) is 7.11 Å². The molecule has 60 heavy (non-hydrogen) atoms. The fourth-order valence-electron chi connectivity index (χ4n) is 9.27. The van der Waals surface area contributed by atoms with Crippen LogP contribution in [0.5, 0.6) is 11.5 Å². The van der Waals surface area contributed by atoms with Crippen LogP contribution < -0.4 is 9.47 Å². The smallest absolute Gasteiger partial charge is 0.254 e. The quantitative estimate of drug-likeness (QED) is 0.0593. The van der Waals surface area contributed by atoms with Crippen molar-refractivity contribution in [1.82, 2.24) is 9.88 Å². The predicted molar refractivity (Wildman–Crippen MR) is 225 cm³/mol. The van der Waals surface area contributed by atoms with Crippen molar-refractivity contribution >= 4 is 11.6 Å². The number of carbonyl (C=O) groups excluding carboxylic acids is 1. The van der Waals surface area contributed by atoms with Gasteiger partial charge in [-0.1, -0.05) is 36.2 Å². The van der Waals surface area contributed by atoms with Crippen molar-refractivity contribution in [3.05, 3.63) is 113 Å². The lowest BCUT2D eigenvalue weighted by Crippen LogP contribution is -2.70. The number of carbonyl (C=O) groups is 1. The van der Waals surface area contributed by atoms with Gasteiger partial charge in [0.1, 0.15) is 31.3 Å². The summed E-state index contributed by atoms with van der Waals surface area (Å²) in [6, 6.07) is 19.5. The van der Waals surface area contributed by atoms with Gasteiger partial charge < -0.3 is 44.0 Å². The summed E-state index contributed by atoms with van der Waals surface area (Å²) < 4.78 is 26.5. The number of benzene rings is 2. The molecule has 3 N–H and O–H groups in total. The van der Waals surface area contributed by atoms with Gasteiger partial charge in [0, 0.05) is 48.9 Å². The number of oxime groups is 1. The van der Waals surface area contributed by atoms with E-state index in [1.807, 2.05) is 37.3 Å². The first-order valence-corrected chi connectivity index (χ1v) is 21.0. The molecule has 1 aliphatic heterocycles. The van der Waals surface area contributed by atoms with E-state index in [2.05, 4.69) is 34.9 Å². The van der Waals surface area contributed by atoms with Crippen LogP contribution in [0.25, 0.3) is 0 Å². The van der Waals surface area contributed by atoms with Crippen molar-refractivity contribution in [3.8, 4) is 17.6 Å². The molecule has 0 spiro atoms. The maximum atomic E-state index is 14.9. The number of unbranched alkanes of at least 4 members (excludes halogenated alkanes) is 2. The summed E-state index contributed by atoms with van der Waals surface area (Å²) in [5, 5.41) is 43.5. The molecule has 6 rings (SSSR count). The first-order valence-electron chi connectivity index (χ1n) is 21.0. The van der Waals surface area contributed by atoms with Crippen LogP contribution in [-0.2, 0) is 20.9 Å². The van der Waals surface area contributed by atoms with Crippen molar-refractivity contribution in [1.29, 1.82) is 5.26 Å². The zero-order valence-electron chi connectivity index (χ0n) is 34.7. The number of pyridine rings is 1. The van der Waals surface area contributed by atoms with Crippen molar-refractivity contribution in [2.45, 2.75) is 76.2 Å². The summed E-state index contributed by atoms with van der Waals surface area (Å²) in [6.45, 7) is 6.67. The lowest BCUT2D eigenvalue weighted by Gasteiger charge is -2.60. The number of fused-ring (bicyclic) bond motifs is 2. The fourth-order valence-corrected chi connectivity index (χ4v) is 9.27. The fraction of sp³-hybridized carbons (Fsp3) is 0.489. The Morgan fingerprint density at radius 1 is 1.05 bits per heavy atom. The first-order chi connectivity index (χ1) is 29.3. The molecule has 0 saturated heterocycles. The maximum Gasteiger partial charge on any atom is 0.254 e. The number of rotatable bonds is 22. The highest BCUT2D eigenvalue weighted by Gasteiger charge is 2.65. The number of aryl methyl sites for hydroxylation is 1. The number of hydrogen-bond donors (Lipinski definition) is 3. The number of hydrogen-bond acceptors (Lipinski definition) is 12. The van der Waals surface area contributed by atoms with Gasteiger partial charge >= 0.3 is 0 Å². The standard InChI is InChI=1S/C47H58N4O9/c1-4-24-59-47-43(51(20-25-57-26-23-54)46(55)34-16-14-33(30-48)15-17-34)29-41(50-56-3)39-27-35(11-5-7-21-52)38(13-6-8-22-53)44(45(39)47)40-28-37(18-19-42(40)60-47)58-31-36-12-9-10-32(2)49-36/h4,9-10,12,14-19,27-28,35,38,43-45,52-54H,1,5-8,11,13,20-26,29,31H2,2-3H3. The van der Waals surface area contributed by atoms with E-state index in [9.17, 15) is 25.4 Å². The second-order valence-electron chi connectivity index (χ2n) is 15.5. The molecule has 6 atom stereocenters. The van der Waals surface area contributed by atoms with Gasteiger partial charge in [0.25, 0.3) is 5.91 Å². The van der Waals surface area contributed by atoms with Crippen LogP contribution in [0.4, 0.5) is 0 Å². The minimum Gasteiger partial charge on any atom is -0.487 e. The Kier molecular flexibility index (Phi) is 15.9. The monoisotopic (exact) mass is 822 g/mol. The predicted octanol–water partition coefficient (Wildman–Crippen LogP) is 6.26. The van der Waals surface area contributed by atoms with Gasteiger partial charge in [-0.25, -0.2) is 0 Å². The highest BCUT2D eigenvalue weighted by molar-refractivity contribution is 6.03. The SMILES string of the molecule is C=CCOC12Oc3ccc(OCc4cccc(C)n4)cc3C3C(CCCCO)C(CCCCO)C=C(C(=NOC)CC1N(CCOCCO)C(=O)c1ccc(C#N)cc1)C32. The number of ether oxygens (including phenoxy) is 4. The van der Waals surface area contributed by atoms with Crippen LogP contribution in [0, 0.1) is 36.0 Å². The summed E-state index contributed by atoms with van der Waals surface area (Å²) in [5.74, 6) is -1.18. The Labute approximate surface area is 352 Å². The molecule has 1 aromatic heterocycles. The number of amides is 1. The van der Waals surface area contributed by atoms with Gasteiger partial charge in [-0.15, -0.1) is 6.58 Å². The Bertz CT molecular complexity index is 2010. The summed E-state index contributed by atoms with van der Waals surface area (Å²) in [7, 11) is 1.51. The summed E-state index contributed by atoms with van der Waals surface area (Å²) in [6.07, 6.45) is 8.68. The number of nitriles is 1. The second-order valence-corrected chi connectivity index (χ2v) is 15.5. The molecule has 13 nitrogen and oxygen atoms in total. The molecule has 13 heteroatoms. The van der Waals surface area contributed by atoms with E-state index in [-0.39, 0.29) is 82.9 Å². The molecule has 6 unspecified atom stereocenters. The van der Waals surface area contributed by atoms with Gasteiger partial charge in [-0.2, -0.15) is 5.26 Å². The first kappa shape index (κ1) is 44.5. The third-order valence-electron chi connectivity index (χ3n) is 11.8. The molecule has 1 saturated carbocycles. The number of aromatic nitrogens is 1. The molecular weight excluding hydrogens is 765 g/mol. The molecule has 3 aliphatic rings. The average molecular weight is 823 g/mol. The van der Waals surface area contributed by atoms with Crippen LogP contribution in [0.1, 0.15) is 83.7 Å².